The molecule has 112 valence electrons. The quantitative estimate of drug-likeness (QED) is 0.864. The second kappa shape index (κ2) is 5.52. The monoisotopic (exact) mass is 313 g/mol. The minimum atomic E-state index is -3.95. The summed E-state index contributed by atoms with van der Waals surface area (Å²) in [5.74, 6) is -1.70. The topological polar surface area (TPSA) is 101 Å². The number of rotatable bonds is 5. The van der Waals surface area contributed by atoms with Gasteiger partial charge in [-0.05, 0) is 30.7 Å². The summed E-state index contributed by atoms with van der Waals surface area (Å²) in [4.78, 5) is 10.3. The zero-order valence-corrected chi connectivity index (χ0v) is 11.8. The van der Waals surface area contributed by atoms with Crippen LogP contribution in [0.4, 0.5) is 10.1 Å². The lowest BCUT2D eigenvalue weighted by Gasteiger charge is -2.07. The van der Waals surface area contributed by atoms with Crippen molar-refractivity contribution in [2.24, 2.45) is 0 Å². The summed E-state index contributed by atoms with van der Waals surface area (Å²) in [6.45, 7) is 1.18. The summed E-state index contributed by atoms with van der Waals surface area (Å²) in [5.41, 5.74) is 0.646. The summed E-state index contributed by atoms with van der Waals surface area (Å²) >= 11 is 0. The van der Waals surface area contributed by atoms with E-state index in [0.717, 1.165) is 23.1 Å². The van der Waals surface area contributed by atoms with Crippen molar-refractivity contribution in [3.8, 4) is 0 Å². The van der Waals surface area contributed by atoms with Crippen LogP contribution >= 0.6 is 0 Å². The molecule has 0 aliphatic heterocycles. The van der Waals surface area contributed by atoms with Crippen LogP contribution in [0.1, 0.15) is 5.56 Å². The number of sulfonamides is 1. The second-order valence-electron chi connectivity index (χ2n) is 4.39. The molecule has 9 heteroatoms. The maximum Gasteiger partial charge on any atom is 0.325 e. The van der Waals surface area contributed by atoms with E-state index in [0.29, 0.717) is 5.56 Å². The van der Waals surface area contributed by atoms with Crippen molar-refractivity contribution in [3.63, 3.8) is 0 Å². The zero-order chi connectivity index (χ0) is 15.6. The number of hydrogen-bond acceptors (Lipinski definition) is 4. The van der Waals surface area contributed by atoms with E-state index in [1.807, 2.05) is 0 Å². The highest BCUT2D eigenvalue weighted by molar-refractivity contribution is 7.92. The Balaban J connectivity index is 2.25. The molecule has 0 radical (unpaired) electrons. The van der Waals surface area contributed by atoms with Crippen LogP contribution in [-0.4, -0.2) is 29.3 Å². The van der Waals surface area contributed by atoms with Gasteiger partial charge in [0.05, 0.1) is 11.9 Å². The average molecular weight is 313 g/mol. The largest absolute Gasteiger partial charge is 0.480 e. The SMILES string of the molecule is Cc1cc(F)cc(NS(=O)(=O)c2cnn(CC(=O)O)c2)c1. The Kier molecular flexibility index (Phi) is 3.94. The molecular weight excluding hydrogens is 301 g/mol. The van der Waals surface area contributed by atoms with Gasteiger partial charge >= 0.3 is 5.97 Å². The van der Waals surface area contributed by atoms with Crippen LogP contribution in [0.25, 0.3) is 0 Å². The Hall–Kier alpha value is -2.42. The third-order valence-electron chi connectivity index (χ3n) is 2.51. The lowest BCUT2D eigenvalue weighted by Crippen LogP contribution is -2.13. The number of carboxylic acids is 1. The Bertz CT molecular complexity index is 765. The van der Waals surface area contributed by atoms with Gasteiger partial charge in [0.25, 0.3) is 10.0 Å². The number of aromatic nitrogens is 2. The first-order valence-electron chi connectivity index (χ1n) is 5.80. The fraction of sp³-hybridized carbons (Fsp3) is 0.167. The van der Waals surface area contributed by atoms with Gasteiger partial charge in [-0.2, -0.15) is 5.10 Å². The third-order valence-corrected chi connectivity index (χ3v) is 3.85. The molecule has 0 atom stereocenters. The Labute approximate surface area is 120 Å². The fourth-order valence-electron chi connectivity index (χ4n) is 1.72. The smallest absolute Gasteiger partial charge is 0.325 e. The number of aliphatic carboxylic acids is 1. The van der Waals surface area contributed by atoms with E-state index >= 15 is 0 Å². The first kappa shape index (κ1) is 15.0. The molecule has 0 bridgehead atoms. The van der Waals surface area contributed by atoms with Gasteiger partial charge in [-0.25, -0.2) is 12.8 Å². The van der Waals surface area contributed by atoms with Gasteiger partial charge in [0.15, 0.2) is 0 Å². The number of nitrogens with one attached hydrogen (secondary N) is 1. The number of anilines is 1. The molecule has 0 unspecified atom stereocenters. The van der Waals surface area contributed by atoms with E-state index in [9.17, 15) is 17.6 Å². The average Bonchev–Trinajstić information content (AvgIpc) is 2.74. The van der Waals surface area contributed by atoms with E-state index in [1.54, 1.807) is 6.92 Å². The lowest BCUT2D eigenvalue weighted by molar-refractivity contribution is -0.137. The molecule has 1 aromatic carbocycles. The normalized spacial score (nSPS) is 11.3. The van der Waals surface area contributed by atoms with Crippen LogP contribution < -0.4 is 4.72 Å². The van der Waals surface area contributed by atoms with Crippen LogP contribution in [0.5, 0.6) is 0 Å². The minimum Gasteiger partial charge on any atom is -0.480 e. The third kappa shape index (κ3) is 3.78. The van der Waals surface area contributed by atoms with Crippen molar-refractivity contribution in [2.75, 3.05) is 4.72 Å². The maximum atomic E-state index is 13.2. The standard InChI is InChI=1S/C12H12FN3O4S/c1-8-2-9(13)4-10(3-8)15-21(19,20)11-5-14-16(6-11)7-12(17)18/h2-6,15H,7H2,1H3,(H,17,18). The molecule has 2 aromatic rings. The summed E-state index contributed by atoms with van der Waals surface area (Å²) < 4.78 is 40.6. The predicted molar refractivity (Wildman–Crippen MR) is 71.8 cm³/mol. The summed E-state index contributed by atoms with van der Waals surface area (Å²) in [5, 5.41) is 12.2. The molecule has 0 amide bonds. The van der Waals surface area contributed by atoms with Crippen molar-refractivity contribution in [3.05, 3.63) is 42.0 Å². The van der Waals surface area contributed by atoms with E-state index < -0.39 is 28.4 Å². The van der Waals surface area contributed by atoms with Gasteiger partial charge in [-0.15, -0.1) is 0 Å². The van der Waals surface area contributed by atoms with Crippen molar-refractivity contribution in [2.45, 2.75) is 18.4 Å². The first-order valence-corrected chi connectivity index (χ1v) is 7.29. The summed E-state index contributed by atoms with van der Waals surface area (Å²) in [6, 6.07) is 3.79. The molecule has 0 aliphatic rings. The van der Waals surface area contributed by atoms with E-state index in [-0.39, 0.29) is 10.6 Å². The van der Waals surface area contributed by atoms with Crippen molar-refractivity contribution < 1.29 is 22.7 Å². The Morgan fingerprint density at radius 1 is 1.43 bits per heavy atom. The summed E-state index contributed by atoms with van der Waals surface area (Å²) in [7, 11) is -3.95. The number of carboxylic acid groups (broad SMARTS) is 1. The van der Waals surface area contributed by atoms with Crippen LogP contribution in [0.15, 0.2) is 35.5 Å². The molecule has 2 N–H and O–H groups in total. The van der Waals surface area contributed by atoms with Crippen LogP contribution in [-0.2, 0) is 21.4 Å². The van der Waals surface area contributed by atoms with Gasteiger partial charge in [0.2, 0.25) is 0 Å². The summed E-state index contributed by atoms with van der Waals surface area (Å²) in [6.07, 6.45) is 2.11. The fourth-order valence-corrected chi connectivity index (χ4v) is 2.71. The highest BCUT2D eigenvalue weighted by Gasteiger charge is 2.17. The molecule has 0 spiro atoms. The molecule has 1 aromatic heterocycles. The van der Waals surface area contributed by atoms with Crippen molar-refractivity contribution >= 4 is 21.7 Å². The molecule has 2 rings (SSSR count). The molecule has 7 nitrogen and oxygen atoms in total. The second-order valence-corrected chi connectivity index (χ2v) is 6.07. The molecule has 1 heterocycles. The number of aryl methyl sites for hydroxylation is 1. The van der Waals surface area contributed by atoms with E-state index in [2.05, 4.69) is 9.82 Å². The first-order chi connectivity index (χ1) is 9.76. The van der Waals surface area contributed by atoms with Gasteiger partial charge in [0, 0.05) is 6.20 Å². The minimum absolute atomic E-state index is 0.0819. The number of nitrogens with zero attached hydrogens (tertiary/aromatic N) is 2. The lowest BCUT2D eigenvalue weighted by atomic mass is 10.2. The number of hydrogen-bond donors (Lipinski definition) is 2. The van der Waals surface area contributed by atoms with Crippen LogP contribution in [0.2, 0.25) is 0 Å². The predicted octanol–water partition coefficient (Wildman–Crippen LogP) is 1.22. The molecule has 0 aliphatic carbocycles. The number of carbonyl (C=O) groups is 1. The van der Waals surface area contributed by atoms with Crippen molar-refractivity contribution in [1.29, 1.82) is 0 Å². The van der Waals surface area contributed by atoms with E-state index in [1.165, 1.54) is 12.1 Å². The molecule has 0 saturated heterocycles. The zero-order valence-electron chi connectivity index (χ0n) is 10.9. The Morgan fingerprint density at radius 3 is 2.76 bits per heavy atom. The van der Waals surface area contributed by atoms with Crippen LogP contribution in [0, 0.1) is 12.7 Å². The van der Waals surface area contributed by atoms with E-state index in [4.69, 9.17) is 5.11 Å². The van der Waals surface area contributed by atoms with Gasteiger partial charge in [0.1, 0.15) is 17.3 Å². The number of benzene rings is 1. The maximum absolute atomic E-state index is 13.2. The highest BCUT2D eigenvalue weighted by Crippen LogP contribution is 2.18. The molecule has 21 heavy (non-hydrogen) atoms. The van der Waals surface area contributed by atoms with Gasteiger partial charge < -0.3 is 5.11 Å². The van der Waals surface area contributed by atoms with Gasteiger partial charge in [-0.3, -0.25) is 14.2 Å². The molecule has 0 fully saturated rings. The van der Waals surface area contributed by atoms with Crippen molar-refractivity contribution in [1.82, 2.24) is 9.78 Å². The molecular formula is C12H12FN3O4S. The Morgan fingerprint density at radius 2 is 2.14 bits per heavy atom. The van der Waals surface area contributed by atoms with Crippen LogP contribution in [0.3, 0.4) is 0 Å². The highest BCUT2D eigenvalue weighted by atomic mass is 32.2. The molecule has 0 saturated carbocycles. The van der Waals surface area contributed by atoms with Gasteiger partial charge in [-0.1, -0.05) is 0 Å². The number of halogens is 1.